The first-order chi connectivity index (χ1) is 16.0. The van der Waals surface area contributed by atoms with Gasteiger partial charge in [-0.25, -0.2) is 4.79 Å². The average molecular weight is 451 g/mol. The van der Waals surface area contributed by atoms with Crippen LogP contribution >= 0.6 is 0 Å². The highest BCUT2D eigenvalue weighted by molar-refractivity contribution is 5.88. The van der Waals surface area contributed by atoms with Crippen LogP contribution in [-0.2, 0) is 14.3 Å². The Kier molecular flexibility index (Phi) is 6.96. The number of carbonyl (C=O) groups excluding carboxylic acids is 2. The summed E-state index contributed by atoms with van der Waals surface area (Å²) in [7, 11) is 0. The number of nitrogens with one attached hydrogen (secondary N) is 1. The van der Waals surface area contributed by atoms with Crippen LogP contribution in [0.5, 0.6) is 0 Å². The fraction of sp³-hybridized carbons (Fsp3) is 0.423. The summed E-state index contributed by atoms with van der Waals surface area (Å²) in [6, 6.07) is 15.4. The van der Waals surface area contributed by atoms with Crippen LogP contribution in [0, 0.1) is 5.92 Å². The minimum atomic E-state index is -1.06. The predicted molar refractivity (Wildman–Crippen MR) is 124 cm³/mol. The molecule has 2 aliphatic rings. The van der Waals surface area contributed by atoms with Crippen LogP contribution in [-0.4, -0.2) is 53.7 Å². The summed E-state index contributed by atoms with van der Waals surface area (Å²) in [5, 5.41) is 11.9. The Morgan fingerprint density at radius 2 is 1.67 bits per heavy atom. The molecular weight excluding hydrogens is 420 g/mol. The number of benzene rings is 2. The standard InChI is InChI=1S/C26H30N2O5/c1-2-7-23(25(31)28(15-24(29)30)14-17-12-13-17)27-26(32)33-16-22-20-10-5-3-8-18(20)19-9-4-6-11-21(19)22/h3-6,8-11,17,22-23H,2,7,12-16H2,1H3,(H,27,32)(H,29,30)/t23-/m0/s1. The van der Waals surface area contributed by atoms with Gasteiger partial charge in [-0.3, -0.25) is 9.59 Å². The van der Waals surface area contributed by atoms with Gasteiger partial charge in [0.25, 0.3) is 0 Å². The highest BCUT2D eigenvalue weighted by Gasteiger charge is 2.33. The van der Waals surface area contributed by atoms with E-state index in [0.29, 0.717) is 25.3 Å². The summed E-state index contributed by atoms with van der Waals surface area (Å²) < 4.78 is 5.58. The molecule has 2 aliphatic carbocycles. The van der Waals surface area contributed by atoms with E-state index in [1.165, 1.54) is 4.90 Å². The molecule has 1 atom stereocenters. The second-order valence-corrected chi connectivity index (χ2v) is 8.87. The van der Waals surface area contributed by atoms with Gasteiger partial charge in [0, 0.05) is 12.5 Å². The van der Waals surface area contributed by atoms with Crippen molar-refractivity contribution >= 4 is 18.0 Å². The van der Waals surface area contributed by atoms with Crippen LogP contribution in [0.4, 0.5) is 4.79 Å². The topological polar surface area (TPSA) is 95.9 Å². The lowest BCUT2D eigenvalue weighted by Gasteiger charge is -2.26. The van der Waals surface area contributed by atoms with E-state index < -0.39 is 18.1 Å². The summed E-state index contributed by atoms with van der Waals surface area (Å²) in [4.78, 5) is 38.3. The van der Waals surface area contributed by atoms with E-state index in [9.17, 15) is 19.5 Å². The van der Waals surface area contributed by atoms with Crippen molar-refractivity contribution in [3.63, 3.8) is 0 Å². The van der Waals surface area contributed by atoms with E-state index >= 15 is 0 Å². The Morgan fingerprint density at radius 1 is 1.06 bits per heavy atom. The maximum Gasteiger partial charge on any atom is 0.407 e. The van der Waals surface area contributed by atoms with Crippen molar-refractivity contribution in [2.75, 3.05) is 19.7 Å². The van der Waals surface area contributed by atoms with Gasteiger partial charge < -0.3 is 20.1 Å². The molecule has 7 nitrogen and oxygen atoms in total. The first-order valence-electron chi connectivity index (χ1n) is 11.6. The van der Waals surface area contributed by atoms with Crippen molar-refractivity contribution in [1.82, 2.24) is 10.2 Å². The Balaban J connectivity index is 1.41. The van der Waals surface area contributed by atoms with Gasteiger partial charge in [-0.15, -0.1) is 0 Å². The molecule has 33 heavy (non-hydrogen) atoms. The molecule has 2 aromatic rings. The number of carbonyl (C=O) groups is 3. The van der Waals surface area contributed by atoms with Crippen molar-refractivity contribution < 1.29 is 24.2 Å². The van der Waals surface area contributed by atoms with Gasteiger partial charge in [0.15, 0.2) is 0 Å². The van der Waals surface area contributed by atoms with Crippen molar-refractivity contribution in [2.45, 2.75) is 44.6 Å². The molecule has 174 valence electrons. The fourth-order valence-electron chi connectivity index (χ4n) is 4.56. The lowest BCUT2D eigenvalue weighted by Crippen LogP contribution is -2.50. The Labute approximate surface area is 193 Å². The van der Waals surface area contributed by atoms with Crippen LogP contribution < -0.4 is 5.32 Å². The van der Waals surface area contributed by atoms with Gasteiger partial charge in [-0.1, -0.05) is 61.9 Å². The third-order valence-corrected chi connectivity index (χ3v) is 6.32. The highest BCUT2D eigenvalue weighted by atomic mass is 16.5. The molecule has 0 unspecified atom stereocenters. The fourth-order valence-corrected chi connectivity index (χ4v) is 4.56. The van der Waals surface area contributed by atoms with Crippen LogP contribution in [0.15, 0.2) is 48.5 Å². The second-order valence-electron chi connectivity index (χ2n) is 8.87. The Bertz CT molecular complexity index is 987. The second kappa shape index (κ2) is 10.1. The minimum absolute atomic E-state index is 0.0677. The summed E-state index contributed by atoms with van der Waals surface area (Å²) in [5.41, 5.74) is 4.52. The third kappa shape index (κ3) is 5.35. The molecule has 4 rings (SSSR count). The Morgan fingerprint density at radius 3 is 2.21 bits per heavy atom. The summed E-state index contributed by atoms with van der Waals surface area (Å²) in [6.45, 7) is 2.13. The smallest absolute Gasteiger partial charge is 0.407 e. The zero-order valence-corrected chi connectivity index (χ0v) is 18.8. The molecule has 0 saturated heterocycles. The Hall–Kier alpha value is -3.35. The molecule has 7 heteroatoms. The maximum atomic E-state index is 13.0. The zero-order chi connectivity index (χ0) is 23.4. The molecule has 0 bridgehead atoms. The molecular formula is C26H30N2O5. The number of aliphatic carboxylic acids is 1. The number of hydrogen-bond acceptors (Lipinski definition) is 4. The summed E-state index contributed by atoms with van der Waals surface area (Å²) in [6.07, 6.45) is 2.43. The summed E-state index contributed by atoms with van der Waals surface area (Å²) in [5.74, 6) is -1.13. The number of ether oxygens (including phenoxy) is 1. The van der Waals surface area contributed by atoms with E-state index in [1.54, 1.807) is 0 Å². The van der Waals surface area contributed by atoms with Crippen LogP contribution in [0.2, 0.25) is 0 Å². The molecule has 0 aromatic heterocycles. The van der Waals surface area contributed by atoms with Crippen molar-refractivity contribution in [1.29, 1.82) is 0 Å². The molecule has 2 aromatic carbocycles. The third-order valence-electron chi connectivity index (χ3n) is 6.32. The monoisotopic (exact) mass is 450 g/mol. The normalized spacial score (nSPS) is 15.3. The number of rotatable bonds is 10. The molecule has 0 heterocycles. The number of nitrogens with zero attached hydrogens (tertiary/aromatic N) is 1. The van der Waals surface area contributed by atoms with Crippen molar-refractivity contribution in [3.8, 4) is 11.1 Å². The minimum Gasteiger partial charge on any atom is -0.480 e. The van der Waals surface area contributed by atoms with Gasteiger partial charge >= 0.3 is 12.1 Å². The number of carboxylic acid groups (broad SMARTS) is 1. The molecule has 2 amide bonds. The van der Waals surface area contributed by atoms with E-state index in [0.717, 1.165) is 35.1 Å². The number of amides is 2. The lowest BCUT2D eigenvalue weighted by atomic mass is 9.98. The van der Waals surface area contributed by atoms with E-state index in [1.807, 2.05) is 43.3 Å². The molecule has 0 radical (unpaired) electrons. The van der Waals surface area contributed by atoms with Gasteiger partial charge in [0.1, 0.15) is 19.2 Å². The number of fused-ring (bicyclic) bond motifs is 3. The van der Waals surface area contributed by atoms with E-state index in [-0.39, 0.29) is 25.0 Å². The van der Waals surface area contributed by atoms with Crippen molar-refractivity contribution in [2.24, 2.45) is 5.92 Å². The predicted octanol–water partition coefficient (Wildman–Crippen LogP) is 4.02. The SMILES string of the molecule is CCC[C@H](NC(=O)OCC1c2ccccc2-c2ccccc21)C(=O)N(CC(=O)O)CC1CC1. The van der Waals surface area contributed by atoms with Gasteiger partial charge in [-0.05, 0) is 47.4 Å². The van der Waals surface area contributed by atoms with E-state index in [2.05, 4.69) is 17.4 Å². The quantitative estimate of drug-likeness (QED) is 0.570. The molecule has 0 spiro atoms. The average Bonchev–Trinajstić information content (AvgIpc) is 3.57. The largest absolute Gasteiger partial charge is 0.480 e. The first kappa shape index (κ1) is 22.8. The molecule has 0 aliphatic heterocycles. The zero-order valence-electron chi connectivity index (χ0n) is 18.8. The van der Waals surface area contributed by atoms with Crippen LogP contribution in [0.3, 0.4) is 0 Å². The highest BCUT2D eigenvalue weighted by Crippen LogP contribution is 2.44. The number of carboxylic acids is 1. The lowest BCUT2D eigenvalue weighted by molar-refractivity contribution is -0.145. The van der Waals surface area contributed by atoms with Gasteiger partial charge in [0.05, 0.1) is 0 Å². The molecule has 1 fully saturated rings. The van der Waals surface area contributed by atoms with Gasteiger partial charge in [0.2, 0.25) is 5.91 Å². The number of hydrogen-bond donors (Lipinski definition) is 2. The maximum absolute atomic E-state index is 13.0. The molecule has 2 N–H and O–H groups in total. The van der Waals surface area contributed by atoms with E-state index in [4.69, 9.17) is 4.74 Å². The summed E-state index contributed by atoms with van der Waals surface area (Å²) >= 11 is 0. The molecule has 1 saturated carbocycles. The van der Waals surface area contributed by atoms with Crippen molar-refractivity contribution in [3.05, 3.63) is 59.7 Å². The first-order valence-corrected chi connectivity index (χ1v) is 11.6. The number of alkyl carbamates (subject to hydrolysis) is 1. The van der Waals surface area contributed by atoms with Crippen LogP contribution in [0.1, 0.15) is 49.7 Å². The van der Waals surface area contributed by atoms with Gasteiger partial charge in [-0.2, -0.15) is 0 Å². The van der Waals surface area contributed by atoms with Crippen LogP contribution in [0.25, 0.3) is 11.1 Å².